The summed E-state index contributed by atoms with van der Waals surface area (Å²) in [4.78, 5) is 0. The molecule has 1 nitrogen and oxygen atoms in total. The fourth-order valence-corrected chi connectivity index (χ4v) is 3.88. The molecule has 4 unspecified atom stereocenters. The number of hydrogen-bond acceptors (Lipinski definition) is 1. The molecule has 3 heteroatoms. The van der Waals surface area contributed by atoms with Crippen LogP contribution in [-0.4, -0.2) is 23.6 Å². The maximum Gasteiger partial charge on any atom is 0.157 e. The van der Waals surface area contributed by atoms with Crippen molar-refractivity contribution in [3.63, 3.8) is 0 Å². The number of aliphatic hydroxyl groups is 1. The van der Waals surface area contributed by atoms with E-state index < -0.39 is 18.4 Å². The molecule has 0 aromatic rings. The normalized spacial score (nSPS) is 43.9. The average Bonchev–Trinajstić information content (AvgIpc) is 2.44. The van der Waals surface area contributed by atoms with Gasteiger partial charge in [-0.05, 0) is 56.3 Å². The van der Waals surface area contributed by atoms with E-state index in [9.17, 15) is 13.9 Å². The molecule has 2 fully saturated rings. The predicted molar refractivity (Wildman–Crippen MR) is 73.4 cm³/mol. The lowest BCUT2D eigenvalue weighted by atomic mass is 9.69. The molecule has 4 atom stereocenters. The molecule has 0 aromatic heterocycles. The first-order chi connectivity index (χ1) is 9.13. The van der Waals surface area contributed by atoms with Crippen molar-refractivity contribution in [2.75, 3.05) is 0 Å². The third-order valence-corrected chi connectivity index (χ3v) is 5.15. The van der Waals surface area contributed by atoms with Crippen molar-refractivity contribution in [1.29, 1.82) is 0 Å². The summed E-state index contributed by atoms with van der Waals surface area (Å²) in [6.07, 6.45) is 5.38. The second kappa shape index (κ2) is 6.83. The molecule has 0 spiro atoms. The fourth-order valence-electron chi connectivity index (χ4n) is 3.88. The van der Waals surface area contributed by atoms with Crippen LogP contribution in [0.1, 0.15) is 51.4 Å². The van der Waals surface area contributed by atoms with Gasteiger partial charge < -0.3 is 5.11 Å². The standard InChI is InChI=1S/C16H26F2O/c1-2-3-4-11-5-7-12(8-6-11)13-9-10-14(19)16(18)15(13)17/h2,11-16,19H,1,3-10H2. The minimum absolute atomic E-state index is 0.168. The van der Waals surface area contributed by atoms with Gasteiger partial charge in [-0.15, -0.1) is 6.58 Å². The molecule has 2 rings (SSSR count). The van der Waals surface area contributed by atoms with Crippen LogP contribution in [-0.2, 0) is 0 Å². The molecule has 0 saturated heterocycles. The molecule has 0 heterocycles. The zero-order chi connectivity index (χ0) is 13.8. The van der Waals surface area contributed by atoms with Crippen LogP contribution in [0.2, 0.25) is 0 Å². The zero-order valence-electron chi connectivity index (χ0n) is 11.6. The van der Waals surface area contributed by atoms with Crippen molar-refractivity contribution in [1.82, 2.24) is 0 Å². The molecule has 0 bridgehead atoms. The van der Waals surface area contributed by atoms with Crippen molar-refractivity contribution in [2.45, 2.75) is 69.8 Å². The lowest BCUT2D eigenvalue weighted by Gasteiger charge is -2.40. The van der Waals surface area contributed by atoms with Crippen molar-refractivity contribution >= 4 is 0 Å². The number of rotatable bonds is 4. The lowest BCUT2D eigenvalue weighted by Crippen LogP contribution is -2.44. The van der Waals surface area contributed by atoms with Crippen molar-refractivity contribution in [2.24, 2.45) is 17.8 Å². The molecular weight excluding hydrogens is 246 g/mol. The van der Waals surface area contributed by atoms with Crippen molar-refractivity contribution in [3.05, 3.63) is 12.7 Å². The van der Waals surface area contributed by atoms with Crippen LogP contribution in [0, 0.1) is 17.8 Å². The van der Waals surface area contributed by atoms with E-state index in [1.54, 1.807) is 0 Å². The quantitative estimate of drug-likeness (QED) is 0.760. The van der Waals surface area contributed by atoms with E-state index in [0.29, 0.717) is 18.8 Å². The SMILES string of the molecule is C=CCCC1CCC(C2CCC(O)C(F)C2F)CC1. The highest BCUT2D eigenvalue weighted by Crippen LogP contribution is 2.42. The highest BCUT2D eigenvalue weighted by Gasteiger charge is 2.43. The summed E-state index contributed by atoms with van der Waals surface area (Å²) in [5, 5.41) is 9.38. The predicted octanol–water partition coefficient (Wildman–Crippen LogP) is 4.21. The van der Waals surface area contributed by atoms with E-state index in [1.165, 1.54) is 6.42 Å². The monoisotopic (exact) mass is 272 g/mol. The van der Waals surface area contributed by atoms with Gasteiger partial charge in [0.25, 0.3) is 0 Å². The summed E-state index contributed by atoms with van der Waals surface area (Å²) >= 11 is 0. The highest BCUT2D eigenvalue weighted by atomic mass is 19.2. The molecular formula is C16H26F2O. The van der Waals surface area contributed by atoms with Crippen molar-refractivity contribution < 1.29 is 13.9 Å². The van der Waals surface area contributed by atoms with Crippen LogP contribution >= 0.6 is 0 Å². The van der Waals surface area contributed by atoms with Gasteiger partial charge in [-0.25, -0.2) is 8.78 Å². The van der Waals surface area contributed by atoms with Gasteiger partial charge in [0.1, 0.15) is 6.17 Å². The molecule has 0 amide bonds. The van der Waals surface area contributed by atoms with Crippen LogP contribution in [0.5, 0.6) is 0 Å². The Hall–Kier alpha value is -0.440. The minimum atomic E-state index is -1.67. The van der Waals surface area contributed by atoms with E-state index in [0.717, 1.165) is 38.0 Å². The summed E-state index contributed by atoms with van der Waals surface area (Å²) in [6, 6.07) is 0. The van der Waals surface area contributed by atoms with Gasteiger partial charge in [-0.3, -0.25) is 0 Å². The van der Waals surface area contributed by atoms with E-state index >= 15 is 0 Å². The van der Waals surface area contributed by atoms with Gasteiger partial charge in [0.2, 0.25) is 0 Å². The Kier molecular flexibility index (Phi) is 5.37. The molecule has 2 aliphatic rings. The Morgan fingerprint density at radius 2 is 1.68 bits per heavy atom. The van der Waals surface area contributed by atoms with E-state index in [2.05, 4.69) is 6.58 Å². The average molecular weight is 272 g/mol. The zero-order valence-corrected chi connectivity index (χ0v) is 11.6. The van der Waals surface area contributed by atoms with Crippen LogP contribution in [0.3, 0.4) is 0 Å². The van der Waals surface area contributed by atoms with Crippen LogP contribution in [0.15, 0.2) is 12.7 Å². The third-order valence-electron chi connectivity index (χ3n) is 5.15. The third kappa shape index (κ3) is 3.56. The Morgan fingerprint density at radius 3 is 2.32 bits per heavy atom. The number of aliphatic hydroxyl groups excluding tert-OH is 1. The van der Waals surface area contributed by atoms with Gasteiger partial charge in [-0.1, -0.05) is 18.9 Å². The number of alkyl halides is 2. The summed E-state index contributed by atoms with van der Waals surface area (Å²) < 4.78 is 27.6. The van der Waals surface area contributed by atoms with Gasteiger partial charge in [0, 0.05) is 0 Å². The van der Waals surface area contributed by atoms with Crippen molar-refractivity contribution in [3.8, 4) is 0 Å². The Bertz CT molecular complexity index is 286. The first kappa shape index (κ1) is 15.0. The fraction of sp³-hybridized carbons (Fsp3) is 0.875. The maximum atomic E-state index is 14.0. The van der Waals surface area contributed by atoms with Gasteiger partial charge >= 0.3 is 0 Å². The lowest BCUT2D eigenvalue weighted by molar-refractivity contribution is -0.0548. The summed E-state index contributed by atoms with van der Waals surface area (Å²) in [6.45, 7) is 3.74. The number of allylic oxidation sites excluding steroid dienone is 1. The molecule has 1 N–H and O–H groups in total. The number of hydrogen-bond donors (Lipinski definition) is 1. The molecule has 19 heavy (non-hydrogen) atoms. The molecule has 0 radical (unpaired) electrons. The Balaban J connectivity index is 1.82. The molecule has 2 aliphatic carbocycles. The molecule has 0 aromatic carbocycles. The Labute approximate surface area is 115 Å². The second-order valence-electron chi connectivity index (χ2n) is 6.34. The van der Waals surface area contributed by atoms with Crippen LogP contribution < -0.4 is 0 Å². The summed E-state index contributed by atoms with van der Waals surface area (Å²) in [5.74, 6) is 0.891. The van der Waals surface area contributed by atoms with Gasteiger partial charge in [0.15, 0.2) is 6.17 Å². The molecule has 0 aliphatic heterocycles. The number of halogens is 2. The summed E-state index contributed by atoms with van der Waals surface area (Å²) in [7, 11) is 0. The van der Waals surface area contributed by atoms with Gasteiger partial charge in [0.05, 0.1) is 6.10 Å². The largest absolute Gasteiger partial charge is 0.390 e. The first-order valence-corrected chi connectivity index (χ1v) is 7.70. The highest BCUT2D eigenvalue weighted by molar-refractivity contribution is 4.92. The van der Waals surface area contributed by atoms with E-state index in [4.69, 9.17) is 0 Å². The maximum absolute atomic E-state index is 14.0. The second-order valence-corrected chi connectivity index (χ2v) is 6.34. The smallest absolute Gasteiger partial charge is 0.157 e. The first-order valence-electron chi connectivity index (χ1n) is 7.70. The molecule has 2 saturated carbocycles. The Morgan fingerprint density at radius 1 is 1.00 bits per heavy atom. The van der Waals surface area contributed by atoms with E-state index in [-0.39, 0.29) is 5.92 Å². The van der Waals surface area contributed by atoms with Crippen LogP contribution in [0.4, 0.5) is 8.78 Å². The minimum Gasteiger partial charge on any atom is -0.390 e. The topological polar surface area (TPSA) is 20.2 Å². The van der Waals surface area contributed by atoms with Gasteiger partial charge in [-0.2, -0.15) is 0 Å². The van der Waals surface area contributed by atoms with Crippen LogP contribution in [0.25, 0.3) is 0 Å². The summed E-state index contributed by atoms with van der Waals surface area (Å²) in [5.41, 5.74) is 0. The molecule has 110 valence electrons. The van der Waals surface area contributed by atoms with E-state index in [1.807, 2.05) is 6.08 Å².